The molecule has 0 aliphatic carbocycles. The quantitative estimate of drug-likeness (QED) is 0.925. The van der Waals surface area contributed by atoms with E-state index in [0.29, 0.717) is 24.7 Å². The van der Waals surface area contributed by atoms with Crippen LogP contribution in [0.5, 0.6) is 0 Å². The lowest BCUT2D eigenvalue weighted by Gasteiger charge is -2.35. The van der Waals surface area contributed by atoms with Crippen LogP contribution in [0.25, 0.3) is 0 Å². The van der Waals surface area contributed by atoms with E-state index in [-0.39, 0.29) is 30.3 Å². The van der Waals surface area contributed by atoms with Crippen molar-refractivity contribution in [2.75, 3.05) is 19.7 Å². The number of hydrogen-bond acceptors (Lipinski definition) is 3. The third kappa shape index (κ3) is 4.58. The van der Waals surface area contributed by atoms with Gasteiger partial charge in [0.15, 0.2) is 0 Å². The van der Waals surface area contributed by atoms with Crippen LogP contribution in [0.2, 0.25) is 5.02 Å². The third-order valence-electron chi connectivity index (χ3n) is 3.62. The van der Waals surface area contributed by atoms with Crippen LogP contribution in [-0.2, 0) is 9.53 Å². The van der Waals surface area contributed by atoms with Crippen molar-refractivity contribution < 1.29 is 9.53 Å². The van der Waals surface area contributed by atoms with Crippen molar-refractivity contribution in [2.24, 2.45) is 11.7 Å². The second kappa shape index (κ2) is 7.99. The molecule has 1 aliphatic heterocycles. The number of benzene rings is 1. The molecule has 2 rings (SSSR count). The van der Waals surface area contributed by atoms with Gasteiger partial charge in [-0.15, -0.1) is 12.4 Å². The van der Waals surface area contributed by atoms with Crippen molar-refractivity contribution >= 4 is 29.9 Å². The Morgan fingerprint density at radius 2 is 2.00 bits per heavy atom. The summed E-state index contributed by atoms with van der Waals surface area (Å²) in [6, 6.07) is 7.09. The highest BCUT2D eigenvalue weighted by Gasteiger charge is 2.29. The molecule has 2 atom stereocenters. The van der Waals surface area contributed by atoms with Gasteiger partial charge in [0.25, 0.3) is 0 Å². The highest BCUT2D eigenvalue weighted by atomic mass is 35.5. The van der Waals surface area contributed by atoms with Crippen LogP contribution in [0.1, 0.15) is 25.5 Å². The summed E-state index contributed by atoms with van der Waals surface area (Å²) in [7, 11) is 0. The SMILES string of the molecule is CC(C)C(N)C(=O)N1CCOC(c2ccc(Cl)cc2)C1.Cl. The fourth-order valence-electron chi connectivity index (χ4n) is 2.22. The van der Waals surface area contributed by atoms with E-state index in [1.807, 2.05) is 38.1 Å². The van der Waals surface area contributed by atoms with Crippen molar-refractivity contribution in [1.29, 1.82) is 0 Å². The maximum atomic E-state index is 12.3. The minimum atomic E-state index is -0.445. The van der Waals surface area contributed by atoms with E-state index in [2.05, 4.69) is 0 Å². The van der Waals surface area contributed by atoms with Crippen LogP contribution >= 0.6 is 24.0 Å². The number of carbonyl (C=O) groups excluding carboxylic acids is 1. The molecule has 1 aromatic rings. The van der Waals surface area contributed by atoms with Crippen molar-refractivity contribution in [3.63, 3.8) is 0 Å². The molecule has 1 aromatic carbocycles. The molecular formula is C15H22Cl2N2O2. The average molecular weight is 333 g/mol. The molecule has 21 heavy (non-hydrogen) atoms. The summed E-state index contributed by atoms with van der Waals surface area (Å²) >= 11 is 5.88. The van der Waals surface area contributed by atoms with E-state index < -0.39 is 6.04 Å². The first-order valence-corrected chi connectivity index (χ1v) is 7.28. The van der Waals surface area contributed by atoms with Gasteiger partial charge in [0.05, 0.1) is 19.2 Å². The zero-order valence-corrected chi connectivity index (χ0v) is 13.9. The summed E-state index contributed by atoms with van der Waals surface area (Å²) in [6.45, 7) is 5.59. The molecule has 2 unspecified atom stereocenters. The number of morpholine rings is 1. The van der Waals surface area contributed by atoms with E-state index in [1.165, 1.54) is 0 Å². The predicted octanol–water partition coefficient (Wildman–Crippen LogP) is 2.65. The number of amides is 1. The minimum absolute atomic E-state index is 0. The summed E-state index contributed by atoms with van der Waals surface area (Å²) in [5.74, 6) is 0.140. The first-order valence-electron chi connectivity index (χ1n) is 6.90. The molecule has 1 heterocycles. The average Bonchev–Trinajstić information content (AvgIpc) is 2.46. The van der Waals surface area contributed by atoms with Crippen LogP contribution < -0.4 is 5.73 Å². The molecular weight excluding hydrogens is 311 g/mol. The molecule has 0 aromatic heterocycles. The van der Waals surface area contributed by atoms with Gasteiger partial charge < -0.3 is 15.4 Å². The van der Waals surface area contributed by atoms with Gasteiger partial charge in [-0.2, -0.15) is 0 Å². The van der Waals surface area contributed by atoms with Gasteiger partial charge in [0, 0.05) is 11.6 Å². The summed E-state index contributed by atoms with van der Waals surface area (Å²) < 4.78 is 5.75. The topological polar surface area (TPSA) is 55.6 Å². The van der Waals surface area contributed by atoms with Gasteiger partial charge in [-0.1, -0.05) is 37.6 Å². The smallest absolute Gasteiger partial charge is 0.239 e. The fourth-order valence-corrected chi connectivity index (χ4v) is 2.35. The first kappa shape index (κ1) is 18.2. The van der Waals surface area contributed by atoms with E-state index in [4.69, 9.17) is 22.1 Å². The Labute approximate surface area is 137 Å². The zero-order valence-electron chi connectivity index (χ0n) is 12.3. The molecule has 2 N–H and O–H groups in total. The van der Waals surface area contributed by atoms with E-state index >= 15 is 0 Å². The Bertz CT molecular complexity index is 465. The lowest BCUT2D eigenvalue weighted by molar-refractivity contribution is -0.141. The Morgan fingerprint density at radius 3 is 2.57 bits per heavy atom. The van der Waals surface area contributed by atoms with Gasteiger partial charge in [0.1, 0.15) is 6.10 Å². The monoisotopic (exact) mass is 332 g/mol. The Hall–Kier alpha value is -0.810. The molecule has 4 nitrogen and oxygen atoms in total. The van der Waals surface area contributed by atoms with Crippen LogP contribution in [0, 0.1) is 5.92 Å². The fraction of sp³-hybridized carbons (Fsp3) is 0.533. The third-order valence-corrected chi connectivity index (χ3v) is 3.88. The Balaban J connectivity index is 0.00000220. The predicted molar refractivity (Wildman–Crippen MR) is 86.8 cm³/mol. The second-order valence-electron chi connectivity index (χ2n) is 5.47. The van der Waals surface area contributed by atoms with Crippen LogP contribution in [0.15, 0.2) is 24.3 Å². The van der Waals surface area contributed by atoms with Gasteiger partial charge in [-0.3, -0.25) is 4.79 Å². The van der Waals surface area contributed by atoms with E-state index in [1.54, 1.807) is 4.90 Å². The second-order valence-corrected chi connectivity index (χ2v) is 5.90. The lowest BCUT2D eigenvalue weighted by Crippen LogP contribution is -2.51. The maximum Gasteiger partial charge on any atom is 0.239 e. The molecule has 0 saturated carbocycles. The molecule has 118 valence electrons. The summed E-state index contributed by atoms with van der Waals surface area (Å²) in [4.78, 5) is 14.1. The summed E-state index contributed by atoms with van der Waals surface area (Å²) in [5, 5.41) is 0.694. The van der Waals surface area contributed by atoms with Gasteiger partial charge in [-0.25, -0.2) is 0 Å². The van der Waals surface area contributed by atoms with Crippen molar-refractivity contribution in [3.05, 3.63) is 34.9 Å². The molecule has 1 amide bonds. The number of hydrogen-bond donors (Lipinski definition) is 1. The highest BCUT2D eigenvalue weighted by molar-refractivity contribution is 6.30. The Kier molecular flexibility index (Phi) is 6.94. The summed E-state index contributed by atoms with van der Waals surface area (Å²) in [5.41, 5.74) is 6.98. The number of carbonyl (C=O) groups is 1. The zero-order chi connectivity index (χ0) is 14.7. The van der Waals surface area contributed by atoms with E-state index in [9.17, 15) is 4.79 Å². The molecule has 0 radical (unpaired) electrons. The Morgan fingerprint density at radius 1 is 1.38 bits per heavy atom. The minimum Gasteiger partial charge on any atom is -0.370 e. The number of halogens is 2. The maximum absolute atomic E-state index is 12.3. The highest BCUT2D eigenvalue weighted by Crippen LogP contribution is 2.24. The molecule has 0 bridgehead atoms. The van der Waals surface area contributed by atoms with Crippen molar-refractivity contribution in [3.8, 4) is 0 Å². The lowest BCUT2D eigenvalue weighted by atomic mass is 10.0. The van der Waals surface area contributed by atoms with E-state index in [0.717, 1.165) is 5.56 Å². The van der Waals surface area contributed by atoms with Crippen molar-refractivity contribution in [2.45, 2.75) is 26.0 Å². The molecule has 6 heteroatoms. The number of ether oxygens (including phenoxy) is 1. The van der Waals surface area contributed by atoms with Crippen LogP contribution in [-0.4, -0.2) is 36.5 Å². The number of nitrogens with zero attached hydrogens (tertiary/aromatic N) is 1. The number of nitrogens with two attached hydrogens (primary N) is 1. The standard InChI is InChI=1S/C15H21ClN2O2.ClH/c1-10(2)14(17)15(19)18-7-8-20-13(9-18)11-3-5-12(16)6-4-11;/h3-6,10,13-14H,7-9,17H2,1-2H3;1H. The molecule has 1 aliphatic rings. The number of rotatable bonds is 3. The summed E-state index contributed by atoms with van der Waals surface area (Å²) in [6.07, 6.45) is -0.107. The van der Waals surface area contributed by atoms with Crippen molar-refractivity contribution in [1.82, 2.24) is 4.90 Å². The first-order chi connectivity index (χ1) is 9.49. The van der Waals surface area contributed by atoms with Gasteiger partial charge >= 0.3 is 0 Å². The van der Waals surface area contributed by atoms with Crippen LogP contribution in [0.3, 0.4) is 0 Å². The molecule has 1 fully saturated rings. The molecule has 1 saturated heterocycles. The van der Waals surface area contributed by atoms with Gasteiger partial charge in [-0.05, 0) is 23.6 Å². The largest absolute Gasteiger partial charge is 0.370 e. The van der Waals surface area contributed by atoms with Crippen LogP contribution in [0.4, 0.5) is 0 Å². The van der Waals surface area contributed by atoms with Gasteiger partial charge in [0.2, 0.25) is 5.91 Å². The normalized spacial score (nSPS) is 20.0. The molecule has 0 spiro atoms.